The Balaban J connectivity index is 1.47. The molecule has 0 saturated carbocycles. The first kappa shape index (κ1) is 33.1. The number of aliphatic hydroxyl groups is 6. The third-order valence-corrected chi connectivity index (χ3v) is 8.62. The van der Waals surface area contributed by atoms with Crippen molar-refractivity contribution in [1.29, 1.82) is 0 Å². The summed E-state index contributed by atoms with van der Waals surface area (Å²) in [6.45, 7) is 0.745. The summed E-state index contributed by atoms with van der Waals surface area (Å²) < 4.78 is 5.04. The Hall–Kier alpha value is -2.38. The highest BCUT2D eigenvalue weighted by Crippen LogP contribution is 2.31. The maximum atomic E-state index is 12.7. The molecule has 1 saturated heterocycles. The summed E-state index contributed by atoms with van der Waals surface area (Å²) in [6.07, 6.45) is 0.152. The SMILES string of the molecule is CCCCC[C@H](O)c1ccc(N2C(=O)CC[C@@H]2CCCc2ccc(C(=O)OC[C@H](O)[C@H](O)[C@H](O)[C@@H](O)CO)s2)cc1. The lowest BCUT2D eigenvalue weighted by atomic mass is 10.0. The van der Waals surface area contributed by atoms with E-state index in [-0.39, 0.29) is 11.9 Å². The van der Waals surface area contributed by atoms with E-state index < -0.39 is 49.7 Å². The first-order valence-corrected chi connectivity index (χ1v) is 15.2. The van der Waals surface area contributed by atoms with Gasteiger partial charge in [-0.2, -0.15) is 0 Å². The monoisotopic (exact) mass is 593 g/mol. The number of esters is 1. The Morgan fingerprint density at radius 2 is 1.71 bits per heavy atom. The van der Waals surface area contributed by atoms with Crippen LogP contribution in [0.3, 0.4) is 0 Å². The molecule has 0 radical (unpaired) electrons. The maximum absolute atomic E-state index is 12.7. The van der Waals surface area contributed by atoms with E-state index >= 15 is 0 Å². The predicted octanol–water partition coefficient (Wildman–Crippen LogP) is 2.47. The average molecular weight is 594 g/mol. The van der Waals surface area contributed by atoms with Gasteiger partial charge >= 0.3 is 5.97 Å². The number of ether oxygens (including phenoxy) is 1. The van der Waals surface area contributed by atoms with E-state index in [1.165, 1.54) is 11.3 Å². The average Bonchev–Trinajstić information content (AvgIpc) is 3.61. The first-order chi connectivity index (χ1) is 19.7. The molecule has 1 aromatic heterocycles. The molecule has 41 heavy (non-hydrogen) atoms. The Morgan fingerprint density at radius 3 is 2.39 bits per heavy atom. The molecule has 228 valence electrons. The minimum Gasteiger partial charge on any atom is -0.459 e. The zero-order valence-corrected chi connectivity index (χ0v) is 24.3. The number of carbonyl (C=O) groups is 2. The summed E-state index contributed by atoms with van der Waals surface area (Å²) in [6, 6.07) is 11.2. The molecule has 11 heteroatoms. The molecule has 0 bridgehead atoms. The van der Waals surface area contributed by atoms with Gasteiger partial charge < -0.3 is 40.3 Å². The molecule has 0 unspecified atom stereocenters. The lowest BCUT2D eigenvalue weighted by Crippen LogP contribution is -2.47. The van der Waals surface area contributed by atoms with Gasteiger partial charge in [0.2, 0.25) is 5.91 Å². The van der Waals surface area contributed by atoms with Crippen LogP contribution in [0.2, 0.25) is 0 Å². The molecule has 2 aromatic rings. The van der Waals surface area contributed by atoms with E-state index in [4.69, 9.17) is 9.84 Å². The molecule has 3 rings (SSSR count). The van der Waals surface area contributed by atoms with Crippen LogP contribution in [0.5, 0.6) is 0 Å². The highest BCUT2D eigenvalue weighted by atomic mass is 32.1. The van der Waals surface area contributed by atoms with Gasteiger partial charge in [0.25, 0.3) is 0 Å². The zero-order valence-electron chi connectivity index (χ0n) is 23.5. The van der Waals surface area contributed by atoms with Gasteiger partial charge in [0.15, 0.2) is 0 Å². The molecule has 1 aromatic carbocycles. The topological polar surface area (TPSA) is 168 Å². The second kappa shape index (κ2) is 16.3. The molecule has 1 aliphatic rings. The van der Waals surface area contributed by atoms with Crippen LogP contribution in [0.25, 0.3) is 0 Å². The van der Waals surface area contributed by atoms with Crippen LogP contribution in [0.1, 0.15) is 84.5 Å². The van der Waals surface area contributed by atoms with Crippen molar-refractivity contribution >= 4 is 28.9 Å². The van der Waals surface area contributed by atoms with E-state index in [1.807, 2.05) is 35.2 Å². The standard InChI is InChI=1S/C30H43NO9S/c1-2-3-4-8-23(33)19-9-11-21(12-10-19)31-20(13-16-27(31)36)6-5-7-22-14-15-26(41-22)30(39)40-18-25(35)29(38)28(37)24(34)17-32/h9-12,14-15,20,23-25,28-29,32-35,37-38H,2-8,13,16-18H2,1H3/t20-,23-,24-,25-,28+,29-/m0/s1. The van der Waals surface area contributed by atoms with Crippen molar-refractivity contribution in [2.24, 2.45) is 0 Å². The molecule has 1 fully saturated rings. The van der Waals surface area contributed by atoms with Gasteiger partial charge in [-0.05, 0) is 61.9 Å². The van der Waals surface area contributed by atoms with Crippen LogP contribution < -0.4 is 4.90 Å². The number of aryl methyl sites for hydroxylation is 1. The van der Waals surface area contributed by atoms with Gasteiger partial charge in [-0.3, -0.25) is 4.79 Å². The number of anilines is 1. The fourth-order valence-corrected chi connectivity index (χ4v) is 5.95. The van der Waals surface area contributed by atoms with Crippen LogP contribution in [0.15, 0.2) is 36.4 Å². The van der Waals surface area contributed by atoms with Crippen LogP contribution in [-0.2, 0) is 16.0 Å². The van der Waals surface area contributed by atoms with Crippen molar-refractivity contribution in [1.82, 2.24) is 0 Å². The third-order valence-electron chi connectivity index (χ3n) is 7.50. The Labute approximate surface area is 244 Å². The normalized spacial score (nSPS) is 19.1. The van der Waals surface area contributed by atoms with E-state index in [0.717, 1.165) is 61.1 Å². The molecular formula is C30H43NO9S. The summed E-state index contributed by atoms with van der Waals surface area (Å²) in [5.74, 6) is -0.589. The van der Waals surface area contributed by atoms with Gasteiger partial charge in [-0.25, -0.2) is 4.79 Å². The highest BCUT2D eigenvalue weighted by molar-refractivity contribution is 7.13. The van der Waals surface area contributed by atoms with E-state index in [1.54, 1.807) is 6.07 Å². The second-order valence-corrected chi connectivity index (χ2v) is 11.8. The minimum absolute atomic E-state index is 0.0832. The van der Waals surface area contributed by atoms with Crippen LogP contribution in [-0.4, -0.2) is 86.2 Å². The number of unbranched alkanes of at least 4 members (excludes halogenated alkanes) is 2. The van der Waals surface area contributed by atoms with E-state index in [0.29, 0.717) is 17.7 Å². The van der Waals surface area contributed by atoms with Crippen molar-refractivity contribution in [3.63, 3.8) is 0 Å². The smallest absolute Gasteiger partial charge is 0.348 e. The molecule has 1 amide bonds. The zero-order chi connectivity index (χ0) is 29.9. The van der Waals surface area contributed by atoms with Crippen molar-refractivity contribution in [2.75, 3.05) is 18.1 Å². The Bertz CT molecular complexity index is 1090. The van der Waals surface area contributed by atoms with Gasteiger partial charge in [0.05, 0.1) is 12.7 Å². The van der Waals surface area contributed by atoms with Crippen molar-refractivity contribution in [3.05, 3.63) is 51.7 Å². The molecule has 6 N–H and O–H groups in total. The van der Waals surface area contributed by atoms with Gasteiger partial charge in [0.1, 0.15) is 35.9 Å². The minimum atomic E-state index is -1.80. The van der Waals surface area contributed by atoms with Crippen LogP contribution in [0.4, 0.5) is 5.69 Å². The lowest BCUT2D eigenvalue weighted by Gasteiger charge is -2.25. The summed E-state index contributed by atoms with van der Waals surface area (Å²) in [7, 11) is 0. The molecule has 6 atom stereocenters. The number of hydrogen-bond acceptors (Lipinski definition) is 10. The quantitative estimate of drug-likeness (QED) is 0.119. The molecule has 0 aliphatic carbocycles. The molecular weight excluding hydrogens is 550 g/mol. The number of nitrogens with zero attached hydrogens (tertiary/aromatic N) is 1. The number of amides is 1. The van der Waals surface area contributed by atoms with E-state index in [2.05, 4.69) is 6.92 Å². The molecule has 0 spiro atoms. The summed E-state index contributed by atoms with van der Waals surface area (Å²) in [5.41, 5.74) is 1.71. The summed E-state index contributed by atoms with van der Waals surface area (Å²) in [4.78, 5) is 28.2. The van der Waals surface area contributed by atoms with Crippen molar-refractivity contribution in [2.45, 2.75) is 101 Å². The van der Waals surface area contributed by atoms with Gasteiger partial charge in [-0.1, -0.05) is 38.3 Å². The maximum Gasteiger partial charge on any atom is 0.348 e. The Morgan fingerprint density at radius 1 is 1.00 bits per heavy atom. The fraction of sp³-hybridized carbons (Fsp3) is 0.600. The number of thiophene rings is 1. The molecule has 10 nitrogen and oxygen atoms in total. The number of aliphatic hydroxyl groups excluding tert-OH is 6. The highest BCUT2D eigenvalue weighted by Gasteiger charge is 2.32. The number of benzene rings is 1. The first-order valence-electron chi connectivity index (χ1n) is 14.3. The molecule has 2 heterocycles. The largest absolute Gasteiger partial charge is 0.459 e. The van der Waals surface area contributed by atoms with E-state index in [9.17, 15) is 35.1 Å². The fourth-order valence-electron chi connectivity index (χ4n) is 5.01. The Kier molecular flexibility index (Phi) is 13.2. The predicted molar refractivity (Wildman–Crippen MR) is 155 cm³/mol. The summed E-state index contributed by atoms with van der Waals surface area (Å²) >= 11 is 1.26. The molecule has 1 aliphatic heterocycles. The van der Waals surface area contributed by atoms with Crippen molar-refractivity contribution in [3.8, 4) is 0 Å². The lowest BCUT2D eigenvalue weighted by molar-refractivity contribution is -0.124. The number of carbonyl (C=O) groups excluding carboxylic acids is 2. The second-order valence-electron chi connectivity index (χ2n) is 10.6. The van der Waals surface area contributed by atoms with Gasteiger partial charge in [0, 0.05) is 23.0 Å². The number of rotatable bonds is 17. The third kappa shape index (κ3) is 9.31. The van der Waals surface area contributed by atoms with Crippen LogP contribution in [0, 0.1) is 0 Å². The van der Waals surface area contributed by atoms with Crippen LogP contribution >= 0.6 is 11.3 Å². The van der Waals surface area contributed by atoms with Gasteiger partial charge in [-0.15, -0.1) is 11.3 Å². The summed E-state index contributed by atoms with van der Waals surface area (Å²) in [5, 5.41) is 58.1. The van der Waals surface area contributed by atoms with Crippen molar-refractivity contribution < 1.29 is 45.0 Å². The number of hydrogen-bond donors (Lipinski definition) is 6.